The van der Waals surface area contributed by atoms with Crippen molar-refractivity contribution in [2.45, 2.75) is 27.3 Å². The van der Waals surface area contributed by atoms with Crippen LogP contribution in [-0.2, 0) is 6.54 Å². The van der Waals surface area contributed by atoms with Crippen LogP contribution < -0.4 is 14.8 Å². The number of hydrogen-bond donors (Lipinski definition) is 1. The van der Waals surface area contributed by atoms with Crippen LogP contribution in [0.3, 0.4) is 0 Å². The fraction of sp³-hybridized carbons (Fsp3) is 0.625. The van der Waals surface area contributed by atoms with Crippen molar-refractivity contribution in [3.63, 3.8) is 0 Å². The van der Waals surface area contributed by atoms with E-state index in [2.05, 4.69) is 24.1 Å². The molecular formula is C16H27ClN2O2. The molecule has 1 N–H and O–H groups in total. The van der Waals surface area contributed by atoms with Crippen LogP contribution in [0.15, 0.2) is 12.1 Å². The van der Waals surface area contributed by atoms with Crippen molar-refractivity contribution in [2.24, 2.45) is 0 Å². The number of hydrogen-bond acceptors (Lipinski definition) is 4. The van der Waals surface area contributed by atoms with Gasteiger partial charge in [-0.05, 0) is 31.6 Å². The molecule has 0 saturated carbocycles. The molecule has 0 aromatic heterocycles. The van der Waals surface area contributed by atoms with Gasteiger partial charge in [0.05, 0.1) is 13.7 Å². The van der Waals surface area contributed by atoms with E-state index in [-0.39, 0.29) is 0 Å². The Balaban J connectivity index is 2.58. The van der Waals surface area contributed by atoms with Gasteiger partial charge in [-0.2, -0.15) is 0 Å². The maximum absolute atomic E-state index is 6.30. The zero-order valence-corrected chi connectivity index (χ0v) is 14.3. The molecule has 1 aromatic rings. The molecule has 1 rings (SSSR count). The summed E-state index contributed by atoms with van der Waals surface area (Å²) in [6, 6.07) is 3.77. The summed E-state index contributed by atoms with van der Waals surface area (Å²) in [7, 11) is 1.64. The maximum atomic E-state index is 6.30. The molecule has 0 bridgehead atoms. The SMILES string of the molecule is CCOc1cc(Cl)c(CNCCN(CC)CC)cc1OC. The first kappa shape index (κ1) is 18.1. The van der Waals surface area contributed by atoms with E-state index >= 15 is 0 Å². The zero-order valence-electron chi connectivity index (χ0n) is 13.5. The molecule has 0 aliphatic carbocycles. The molecule has 0 heterocycles. The number of nitrogens with one attached hydrogen (secondary N) is 1. The third-order valence-corrected chi connectivity index (χ3v) is 3.80. The van der Waals surface area contributed by atoms with Gasteiger partial charge in [0.1, 0.15) is 0 Å². The van der Waals surface area contributed by atoms with Crippen LogP contribution >= 0.6 is 11.6 Å². The lowest BCUT2D eigenvalue weighted by Gasteiger charge is -2.18. The van der Waals surface area contributed by atoms with Crippen molar-refractivity contribution in [3.05, 3.63) is 22.7 Å². The number of benzene rings is 1. The average Bonchev–Trinajstić information content (AvgIpc) is 2.49. The topological polar surface area (TPSA) is 33.7 Å². The smallest absolute Gasteiger partial charge is 0.162 e. The summed E-state index contributed by atoms with van der Waals surface area (Å²) >= 11 is 6.30. The predicted octanol–water partition coefficient (Wildman–Crippen LogP) is 3.18. The summed E-state index contributed by atoms with van der Waals surface area (Å²) in [5.74, 6) is 1.42. The van der Waals surface area contributed by atoms with Gasteiger partial charge in [0.25, 0.3) is 0 Å². The van der Waals surface area contributed by atoms with Crippen LogP contribution in [0.1, 0.15) is 26.3 Å². The molecule has 0 fully saturated rings. The summed E-state index contributed by atoms with van der Waals surface area (Å²) in [5, 5.41) is 4.13. The van der Waals surface area contributed by atoms with E-state index in [1.807, 2.05) is 19.1 Å². The van der Waals surface area contributed by atoms with Gasteiger partial charge < -0.3 is 19.7 Å². The highest BCUT2D eigenvalue weighted by Gasteiger charge is 2.10. The molecule has 5 heteroatoms. The molecule has 0 saturated heterocycles. The standard InChI is InChI=1S/C16H27ClN2O2/c1-5-19(6-2)9-8-18-12-13-10-15(20-4)16(21-7-3)11-14(13)17/h10-11,18H,5-9,12H2,1-4H3. The van der Waals surface area contributed by atoms with Gasteiger partial charge >= 0.3 is 0 Å². The van der Waals surface area contributed by atoms with E-state index in [1.165, 1.54) is 0 Å². The van der Waals surface area contributed by atoms with Crippen LogP contribution in [-0.4, -0.2) is 44.8 Å². The molecule has 120 valence electrons. The highest BCUT2D eigenvalue weighted by molar-refractivity contribution is 6.31. The van der Waals surface area contributed by atoms with E-state index in [0.29, 0.717) is 17.4 Å². The van der Waals surface area contributed by atoms with Crippen molar-refractivity contribution in [2.75, 3.05) is 39.9 Å². The molecule has 0 amide bonds. The van der Waals surface area contributed by atoms with Crippen LogP contribution in [0.5, 0.6) is 11.5 Å². The molecule has 0 radical (unpaired) electrons. The number of halogens is 1. The zero-order chi connectivity index (χ0) is 15.7. The Morgan fingerprint density at radius 1 is 1.14 bits per heavy atom. The van der Waals surface area contributed by atoms with E-state index in [9.17, 15) is 0 Å². The Bertz CT molecular complexity index is 423. The Morgan fingerprint density at radius 3 is 2.43 bits per heavy atom. The minimum absolute atomic E-state index is 0.591. The summed E-state index contributed by atoms with van der Waals surface area (Å²) < 4.78 is 10.9. The van der Waals surface area contributed by atoms with Gasteiger partial charge in [-0.3, -0.25) is 0 Å². The first-order chi connectivity index (χ1) is 10.2. The fourth-order valence-electron chi connectivity index (χ4n) is 2.14. The summed E-state index contributed by atoms with van der Waals surface area (Å²) in [5.41, 5.74) is 1.02. The van der Waals surface area contributed by atoms with Gasteiger partial charge in [0, 0.05) is 30.7 Å². The highest BCUT2D eigenvalue weighted by atomic mass is 35.5. The minimum atomic E-state index is 0.591. The van der Waals surface area contributed by atoms with E-state index in [0.717, 1.165) is 44.0 Å². The summed E-state index contributed by atoms with van der Waals surface area (Å²) in [6.07, 6.45) is 0. The summed E-state index contributed by atoms with van der Waals surface area (Å²) in [4.78, 5) is 2.38. The number of rotatable bonds is 10. The van der Waals surface area contributed by atoms with E-state index in [4.69, 9.17) is 21.1 Å². The van der Waals surface area contributed by atoms with Crippen LogP contribution in [0.25, 0.3) is 0 Å². The van der Waals surface area contributed by atoms with Gasteiger partial charge in [-0.15, -0.1) is 0 Å². The highest BCUT2D eigenvalue weighted by Crippen LogP contribution is 2.33. The molecule has 4 nitrogen and oxygen atoms in total. The van der Waals surface area contributed by atoms with Gasteiger partial charge in [-0.25, -0.2) is 0 Å². The molecule has 0 spiro atoms. The lowest BCUT2D eigenvalue weighted by Crippen LogP contribution is -2.31. The Morgan fingerprint density at radius 2 is 1.86 bits per heavy atom. The lowest BCUT2D eigenvalue weighted by molar-refractivity contribution is 0.302. The molecule has 0 atom stereocenters. The van der Waals surface area contributed by atoms with Gasteiger partial charge in [-0.1, -0.05) is 25.4 Å². The largest absolute Gasteiger partial charge is 0.493 e. The Hall–Kier alpha value is -0.970. The molecule has 21 heavy (non-hydrogen) atoms. The average molecular weight is 315 g/mol. The molecule has 0 aliphatic rings. The minimum Gasteiger partial charge on any atom is -0.493 e. The third-order valence-electron chi connectivity index (χ3n) is 3.45. The predicted molar refractivity (Wildman–Crippen MR) is 88.7 cm³/mol. The van der Waals surface area contributed by atoms with Crippen molar-refractivity contribution in [1.29, 1.82) is 0 Å². The molecule has 0 unspecified atom stereocenters. The first-order valence-corrected chi connectivity index (χ1v) is 7.96. The molecular weight excluding hydrogens is 288 g/mol. The van der Waals surface area contributed by atoms with Crippen molar-refractivity contribution >= 4 is 11.6 Å². The van der Waals surface area contributed by atoms with Crippen molar-refractivity contribution in [1.82, 2.24) is 10.2 Å². The normalized spacial score (nSPS) is 11.0. The second-order valence-corrected chi connectivity index (χ2v) is 5.14. The van der Waals surface area contributed by atoms with E-state index < -0.39 is 0 Å². The second kappa shape index (κ2) is 9.87. The third kappa shape index (κ3) is 5.73. The van der Waals surface area contributed by atoms with Gasteiger partial charge in [0.15, 0.2) is 11.5 Å². The molecule has 0 aliphatic heterocycles. The van der Waals surface area contributed by atoms with Crippen molar-refractivity contribution in [3.8, 4) is 11.5 Å². The maximum Gasteiger partial charge on any atom is 0.162 e. The number of methoxy groups -OCH3 is 1. The molecule has 1 aromatic carbocycles. The van der Waals surface area contributed by atoms with Gasteiger partial charge in [0.2, 0.25) is 0 Å². The summed E-state index contributed by atoms with van der Waals surface area (Å²) in [6.45, 7) is 11.8. The fourth-order valence-corrected chi connectivity index (χ4v) is 2.36. The van der Waals surface area contributed by atoms with E-state index in [1.54, 1.807) is 7.11 Å². The van der Waals surface area contributed by atoms with Crippen LogP contribution in [0.4, 0.5) is 0 Å². The quantitative estimate of drug-likeness (QED) is 0.673. The Kier molecular flexibility index (Phi) is 8.50. The Labute approximate surface area is 133 Å². The number of ether oxygens (including phenoxy) is 2. The second-order valence-electron chi connectivity index (χ2n) is 4.73. The van der Waals surface area contributed by atoms with Crippen LogP contribution in [0, 0.1) is 0 Å². The number of likely N-dealkylation sites (N-methyl/N-ethyl adjacent to an activating group) is 1. The van der Waals surface area contributed by atoms with Crippen LogP contribution in [0.2, 0.25) is 5.02 Å². The number of nitrogens with zero attached hydrogens (tertiary/aromatic N) is 1. The van der Waals surface area contributed by atoms with Crippen molar-refractivity contribution < 1.29 is 9.47 Å². The lowest BCUT2D eigenvalue weighted by atomic mass is 10.2. The first-order valence-electron chi connectivity index (χ1n) is 7.58. The monoisotopic (exact) mass is 314 g/mol.